The van der Waals surface area contributed by atoms with Gasteiger partial charge in [-0.15, -0.1) is 0 Å². The summed E-state index contributed by atoms with van der Waals surface area (Å²) >= 11 is 0. The van der Waals surface area contributed by atoms with E-state index in [4.69, 9.17) is 5.73 Å². The number of piperidine rings is 1. The number of benzene rings is 2. The van der Waals surface area contributed by atoms with Crippen molar-refractivity contribution in [2.24, 2.45) is 5.73 Å². The van der Waals surface area contributed by atoms with Crippen molar-refractivity contribution in [1.82, 2.24) is 9.80 Å². The lowest BCUT2D eigenvalue weighted by Gasteiger charge is -2.45. The van der Waals surface area contributed by atoms with Gasteiger partial charge in [-0.1, -0.05) is 60.2 Å². The number of hydrogen-bond acceptors (Lipinski definition) is 4. The largest absolute Gasteiger partial charge is 0.321 e. The van der Waals surface area contributed by atoms with Crippen molar-refractivity contribution < 1.29 is 9.18 Å². The number of hydrogen-bond donors (Lipinski definition) is 1. The fourth-order valence-electron chi connectivity index (χ4n) is 5.40. The minimum atomic E-state index is -1.19. The first kappa shape index (κ1) is 23.1. The average molecular weight is 438 g/mol. The summed E-state index contributed by atoms with van der Waals surface area (Å²) in [4.78, 5) is 17.0. The molecule has 2 saturated heterocycles. The molecule has 2 unspecified atom stereocenters. The topological polar surface area (TPSA) is 49.6 Å². The van der Waals surface area contributed by atoms with Gasteiger partial charge in [0.05, 0.1) is 6.04 Å². The van der Waals surface area contributed by atoms with Crippen molar-refractivity contribution >= 4 is 5.78 Å². The lowest BCUT2D eigenvalue weighted by atomic mass is 9.72. The minimum Gasteiger partial charge on any atom is -0.321 e. The van der Waals surface area contributed by atoms with Gasteiger partial charge in [0.2, 0.25) is 0 Å². The van der Waals surface area contributed by atoms with Crippen LogP contribution in [-0.4, -0.2) is 60.6 Å². The number of carbonyl (C=O) groups is 1. The number of halogens is 1. The number of ketones is 1. The fourth-order valence-corrected chi connectivity index (χ4v) is 5.40. The van der Waals surface area contributed by atoms with Crippen molar-refractivity contribution in [3.05, 3.63) is 71.3 Å². The fraction of sp³-hybridized carbons (Fsp3) is 0.519. The third kappa shape index (κ3) is 5.28. The summed E-state index contributed by atoms with van der Waals surface area (Å²) in [7, 11) is 0. The number of Topliss-reactive ketones (excluding diaryl/α,β-unsaturated/α-hetero) is 1. The molecule has 0 spiro atoms. The Morgan fingerprint density at radius 3 is 2.38 bits per heavy atom. The van der Waals surface area contributed by atoms with Gasteiger partial charge in [-0.2, -0.15) is 0 Å². The smallest absolute Gasteiger partial charge is 0.179 e. The number of rotatable bonds is 8. The van der Waals surface area contributed by atoms with Crippen LogP contribution in [0.4, 0.5) is 4.39 Å². The molecule has 2 atom stereocenters. The summed E-state index contributed by atoms with van der Waals surface area (Å²) in [5.41, 5.74) is 9.38. The van der Waals surface area contributed by atoms with E-state index in [2.05, 4.69) is 36.1 Å². The highest BCUT2D eigenvalue weighted by Crippen LogP contribution is 2.38. The molecule has 2 heterocycles. The SMILES string of the molecule is Cc1cccc(C2(CN3CCCC3)CCN(C(F)CC(N)C(=O)c3ccccc3)CC2)c1. The van der Waals surface area contributed by atoms with E-state index < -0.39 is 12.3 Å². The van der Waals surface area contributed by atoms with Crippen molar-refractivity contribution in [3.8, 4) is 0 Å². The highest BCUT2D eigenvalue weighted by atomic mass is 19.1. The number of likely N-dealkylation sites (tertiary alicyclic amines) is 2. The van der Waals surface area contributed by atoms with Crippen LogP contribution in [0.3, 0.4) is 0 Å². The van der Waals surface area contributed by atoms with Crippen LogP contribution in [0.15, 0.2) is 54.6 Å². The van der Waals surface area contributed by atoms with Gasteiger partial charge in [0, 0.05) is 37.0 Å². The molecule has 2 aromatic carbocycles. The Bertz CT molecular complexity index is 889. The van der Waals surface area contributed by atoms with E-state index in [1.54, 1.807) is 12.1 Å². The third-order valence-corrected chi connectivity index (χ3v) is 7.35. The third-order valence-electron chi connectivity index (χ3n) is 7.35. The average Bonchev–Trinajstić information content (AvgIpc) is 3.32. The van der Waals surface area contributed by atoms with Crippen LogP contribution in [-0.2, 0) is 5.41 Å². The zero-order valence-corrected chi connectivity index (χ0v) is 19.2. The summed E-state index contributed by atoms with van der Waals surface area (Å²) in [6.45, 7) is 6.90. The molecule has 2 aliphatic rings. The van der Waals surface area contributed by atoms with Crippen molar-refractivity contribution in [3.63, 3.8) is 0 Å². The monoisotopic (exact) mass is 437 g/mol. The van der Waals surface area contributed by atoms with E-state index in [0.29, 0.717) is 18.7 Å². The Morgan fingerprint density at radius 2 is 1.72 bits per heavy atom. The molecule has 0 radical (unpaired) electrons. The van der Waals surface area contributed by atoms with E-state index >= 15 is 4.39 Å². The zero-order chi connectivity index (χ0) is 22.6. The van der Waals surface area contributed by atoms with Crippen LogP contribution >= 0.6 is 0 Å². The highest BCUT2D eigenvalue weighted by Gasteiger charge is 2.40. The molecule has 32 heavy (non-hydrogen) atoms. The zero-order valence-electron chi connectivity index (χ0n) is 19.2. The number of carbonyl (C=O) groups excluding carboxylic acids is 1. The number of alkyl halides is 1. The van der Waals surface area contributed by atoms with E-state index in [9.17, 15) is 4.79 Å². The van der Waals surface area contributed by atoms with E-state index in [1.807, 2.05) is 23.1 Å². The molecule has 0 amide bonds. The summed E-state index contributed by atoms with van der Waals surface area (Å²) in [6.07, 6.45) is 3.24. The maximum Gasteiger partial charge on any atom is 0.179 e. The van der Waals surface area contributed by atoms with Gasteiger partial charge in [0.1, 0.15) is 0 Å². The molecule has 0 bridgehead atoms. The Kier molecular flexibility index (Phi) is 7.39. The molecular weight excluding hydrogens is 401 g/mol. The molecule has 2 aromatic rings. The van der Waals surface area contributed by atoms with Crippen LogP contribution < -0.4 is 5.73 Å². The van der Waals surface area contributed by atoms with Gasteiger partial charge in [0.15, 0.2) is 12.1 Å². The lowest BCUT2D eigenvalue weighted by Crippen LogP contribution is -2.51. The molecular formula is C27H36FN3O. The standard InChI is InChI=1S/C27H36FN3O/c1-21-8-7-11-23(18-21)27(20-30-14-5-6-15-30)12-16-31(17-13-27)25(28)19-24(29)26(32)22-9-3-2-4-10-22/h2-4,7-11,18,24-25H,5-6,12-17,19-20,29H2,1H3. The Morgan fingerprint density at radius 1 is 1.03 bits per heavy atom. The van der Waals surface area contributed by atoms with Gasteiger partial charge in [-0.05, 0) is 51.3 Å². The molecule has 5 heteroatoms. The van der Waals surface area contributed by atoms with Gasteiger partial charge in [-0.3, -0.25) is 9.69 Å². The first-order valence-corrected chi connectivity index (χ1v) is 12.0. The molecule has 4 nitrogen and oxygen atoms in total. The Balaban J connectivity index is 1.41. The van der Waals surface area contributed by atoms with E-state index in [0.717, 1.165) is 19.4 Å². The number of nitrogens with two attached hydrogens (primary N) is 1. The normalized spacial score (nSPS) is 21.3. The summed E-state index contributed by atoms with van der Waals surface area (Å²) in [6, 6.07) is 17.0. The van der Waals surface area contributed by atoms with Crippen LogP contribution in [0.1, 0.15) is 53.6 Å². The Labute approximate surface area is 191 Å². The first-order chi connectivity index (χ1) is 15.5. The van der Waals surface area contributed by atoms with Crippen LogP contribution in [0.25, 0.3) is 0 Å². The second-order valence-electron chi connectivity index (χ2n) is 9.68. The number of aryl methyl sites for hydroxylation is 1. The molecule has 172 valence electrons. The first-order valence-electron chi connectivity index (χ1n) is 12.0. The van der Waals surface area contributed by atoms with E-state index in [-0.39, 0.29) is 17.6 Å². The molecule has 4 rings (SSSR count). The van der Waals surface area contributed by atoms with Crippen molar-refractivity contribution in [2.75, 3.05) is 32.7 Å². The van der Waals surface area contributed by atoms with Crippen LogP contribution in [0.5, 0.6) is 0 Å². The predicted octanol–water partition coefficient (Wildman–Crippen LogP) is 4.32. The second-order valence-corrected chi connectivity index (χ2v) is 9.68. The van der Waals surface area contributed by atoms with Crippen LogP contribution in [0, 0.1) is 6.92 Å². The van der Waals surface area contributed by atoms with Crippen LogP contribution in [0.2, 0.25) is 0 Å². The number of nitrogens with zero attached hydrogens (tertiary/aromatic N) is 2. The predicted molar refractivity (Wildman–Crippen MR) is 128 cm³/mol. The van der Waals surface area contributed by atoms with Gasteiger partial charge in [-0.25, -0.2) is 4.39 Å². The maximum atomic E-state index is 15.2. The molecule has 2 aliphatic heterocycles. The molecule has 0 saturated carbocycles. The van der Waals surface area contributed by atoms with Crippen molar-refractivity contribution in [2.45, 2.75) is 56.8 Å². The second kappa shape index (κ2) is 10.2. The summed E-state index contributed by atoms with van der Waals surface area (Å²) in [5, 5.41) is 0. The van der Waals surface area contributed by atoms with E-state index in [1.165, 1.54) is 37.1 Å². The Hall–Kier alpha value is -2.08. The molecule has 0 aromatic heterocycles. The highest BCUT2D eigenvalue weighted by molar-refractivity contribution is 5.99. The summed E-state index contributed by atoms with van der Waals surface area (Å²) < 4.78 is 15.2. The summed E-state index contributed by atoms with van der Waals surface area (Å²) in [5.74, 6) is -0.187. The molecule has 2 N–H and O–H groups in total. The maximum absolute atomic E-state index is 15.2. The van der Waals surface area contributed by atoms with Gasteiger partial charge >= 0.3 is 0 Å². The molecule has 0 aliphatic carbocycles. The van der Waals surface area contributed by atoms with Gasteiger partial charge in [0.25, 0.3) is 0 Å². The van der Waals surface area contributed by atoms with Crippen molar-refractivity contribution in [1.29, 1.82) is 0 Å². The quantitative estimate of drug-likeness (QED) is 0.494. The molecule has 2 fully saturated rings. The lowest BCUT2D eigenvalue weighted by molar-refractivity contribution is 0.0229. The minimum absolute atomic E-state index is 0.0390. The van der Waals surface area contributed by atoms with Gasteiger partial charge < -0.3 is 10.6 Å².